The SMILES string of the molecule is CC(C)[C@H]1CC[C@H](C)C[C@@H]1C#C[Si](C(C)C)(C(C)C)C(C)C. The molecule has 1 aliphatic rings. The Morgan fingerprint density at radius 1 is 0.818 bits per heavy atom. The Labute approximate surface area is 141 Å². The molecule has 0 saturated heterocycles. The van der Waals surface area contributed by atoms with E-state index < -0.39 is 8.07 Å². The van der Waals surface area contributed by atoms with E-state index in [1.807, 2.05) is 0 Å². The van der Waals surface area contributed by atoms with Gasteiger partial charge in [-0.3, -0.25) is 0 Å². The van der Waals surface area contributed by atoms with Gasteiger partial charge in [-0.2, -0.15) is 0 Å². The first kappa shape index (κ1) is 19.8. The maximum Gasteiger partial charge on any atom is 0.145 e. The number of hydrogen-bond acceptors (Lipinski definition) is 0. The lowest BCUT2D eigenvalue weighted by Gasteiger charge is -2.39. The Morgan fingerprint density at radius 2 is 1.32 bits per heavy atom. The van der Waals surface area contributed by atoms with E-state index in [4.69, 9.17) is 0 Å². The molecular formula is C21H40Si. The van der Waals surface area contributed by atoms with Gasteiger partial charge in [0, 0.05) is 5.92 Å². The minimum atomic E-state index is -1.56. The zero-order chi connectivity index (χ0) is 17.1. The van der Waals surface area contributed by atoms with Crippen LogP contribution in [0.5, 0.6) is 0 Å². The van der Waals surface area contributed by atoms with Crippen molar-refractivity contribution in [2.45, 2.75) is 98.2 Å². The first-order valence-electron chi connectivity index (χ1n) is 9.65. The molecule has 3 atom stereocenters. The summed E-state index contributed by atoms with van der Waals surface area (Å²) in [7, 11) is -1.56. The van der Waals surface area contributed by atoms with Crippen molar-refractivity contribution in [1.29, 1.82) is 0 Å². The first-order valence-corrected chi connectivity index (χ1v) is 11.9. The molecule has 0 amide bonds. The second-order valence-electron chi connectivity index (χ2n) is 9.10. The molecular weight excluding hydrogens is 280 g/mol. The van der Waals surface area contributed by atoms with Crippen molar-refractivity contribution < 1.29 is 0 Å². The quantitative estimate of drug-likeness (QED) is 0.389. The summed E-state index contributed by atoms with van der Waals surface area (Å²) in [5.41, 5.74) is 6.24. The molecule has 1 fully saturated rings. The maximum absolute atomic E-state index is 4.00. The molecule has 0 aliphatic heterocycles. The molecule has 0 aromatic heterocycles. The molecule has 0 unspecified atom stereocenters. The lowest BCUT2D eigenvalue weighted by molar-refractivity contribution is 0.185. The van der Waals surface area contributed by atoms with Gasteiger partial charge in [0.15, 0.2) is 0 Å². The monoisotopic (exact) mass is 320 g/mol. The van der Waals surface area contributed by atoms with E-state index in [0.29, 0.717) is 5.92 Å². The Bertz CT molecular complexity index is 372. The van der Waals surface area contributed by atoms with Crippen molar-refractivity contribution >= 4 is 8.07 Å². The van der Waals surface area contributed by atoms with E-state index in [2.05, 4.69) is 73.8 Å². The second kappa shape index (κ2) is 8.05. The third kappa shape index (κ3) is 4.19. The second-order valence-corrected chi connectivity index (χ2v) is 14.7. The summed E-state index contributed by atoms with van der Waals surface area (Å²) in [6.07, 6.45) is 4.12. The summed E-state index contributed by atoms with van der Waals surface area (Å²) in [6, 6.07) is 0. The zero-order valence-electron chi connectivity index (χ0n) is 16.7. The van der Waals surface area contributed by atoms with Gasteiger partial charge >= 0.3 is 0 Å². The third-order valence-electron chi connectivity index (χ3n) is 6.36. The van der Waals surface area contributed by atoms with Crippen LogP contribution in [0.15, 0.2) is 0 Å². The molecule has 1 rings (SSSR count). The predicted octanol–water partition coefficient (Wildman–Crippen LogP) is 6.92. The molecule has 22 heavy (non-hydrogen) atoms. The molecule has 0 radical (unpaired) electrons. The van der Waals surface area contributed by atoms with Crippen LogP contribution in [0.3, 0.4) is 0 Å². The van der Waals surface area contributed by atoms with Crippen molar-refractivity contribution in [3.05, 3.63) is 0 Å². The fraction of sp³-hybridized carbons (Fsp3) is 0.905. The van der Waals surface area contributed by atoms with Gasteiger partial charge in [-0.1, -0.05) is 68.7 Å². The van der Waals surface area contributed by atoms with E-state index in [-0.39, 0.29) is 0 Å². The molecule has 0 bridgehead atoms. The minimum absolute atomic E-state index is 0.645. The van der Waals surface area contributed by atoms with Gasteiger partial charge in [-0.05, 0) is 47.2 Å². The summed E-state index contributed by atoms with van der Waals surface area (Å²) in [4.78, 5) is 0. The topological polar surface area (TPSA) is 0 Å². The summed E-state index contributed by atoms with van der Waals surface area (Å²) in [6.45, 7) is 21.7. The Hall–Kier alpha value is -0.223. The van der Waals surface area contributed by atoms with Gasteiger partial charge in [-0.25, -0.2) is 0 Å². The normalized spacial score (nSPS) is 26.7. The molecule has 128 valence electrons. The molecule has 0 aromatic rings. The standard InChI is InChI=1S/C21H40Si/c1-15(2)21-11-10-19(9)14-20(21)12-13-22(16(3)4,17(5)6)18(7)8/h15-21H,10-11,14H2,1-9H3/t19-,20-,21+/m0/s1. The van der Waals surface area contributed by atoms with E-state index >= 15 is 0 Å². The van der Waals surface area contributed by atoms with Gasteiger partial charge in [-0.15, -0.1) is 11.5 Å². The first-order chi connectivity index (χ1) is 10.1. The fourth-order valence-electron chi connectivity index (χ4n) is 5.02. The highest BCUT2D eigenvalue weighted by atomic mass is 28.3. The van der Waals surface area contributed by atoms with Crippen molar-refractivity contribution in [1.82, 2.24) is 0 Å². The van der Waals surface area contributed by atoms with Crippen LogP contribution in [0.1, 0.15) is 81.6 Å². The van der Waals surface area contributed by atoms with Crippen molar-refractivity contribution in [3.63, 3.8) is 0 Å². The highest BCUT2D eigenvalue weighted by Gasteiger charge is 2.42. The van der Waals surface area contributed by atoms with Crippen molar-refractivity contribution in [3.8, 4) is 11.5 Å². The summed E-state index contributed by atoms with van der Waals surface area (Å²) in [5, 5.41) is 0. The average molecular weight is 321 g/mol. The maximum atomic E-state index is 4.00. The van der Waals surface area contributed by atoms with Gasteiger partial charge in [0.1, 0.15) is 8.07 Å². The van der Waals surface area contributed by atoms with E-state index in [0.717, 1.165) is 34.4 Å². The van der Waals surface area contributed by atoms with Crippen LogP contribution in [0.4, 0.5) is 0 Å². The lowest BCUT2D eigenvalue weighted by Crippen LogP contribution is -2.43. The Balaban J connectivity index is 3.14. The Morgan fingerprint density at radius 3 is 1.73 bits per heavy atom. The fourth-order valence-corrected chi connectivity index (χ4v) is 10.3. The summed E-state index contributed by atoms with van der Waals surface area (Å²) >= 11 is 0. The van der Waals surface area contributed by atoms with E-state index in [1.54, 1.807) is 0 Å². The Kier molecular flexibility index (Phi) is 7.25. The molecule has 0 aromatic carbocycles. The third-order valence-corrected chi connectivity index (χ3v) is 12.7. The molecule has 1 heteroatoms. The highest BCUT2D eigenvalue weighted by molar-refractivity contribution is 6.90. The van der Waals surface area contributed by atoms with E-state index in [1.165, 1.54) is 19.3 Å². The smallest absolute Gasteiger partial charge is 0.130 e. The number of hydrogen-bond donors (Lipinski definition) is 0. The van der Waals surface area contributed by atoms with Crippen LogP contribution in [-0.2, 0) is 0 Å². The van der Waals surface area contributed by atoms with Gasteiger partial charge < -0.3 is 0 Å². The average Bonchev–Trinajstić information content (AvgIpc) is 2.37. The van der Waals surface area contributed by atoms with Crippen molar-refractivity contribution in [2.24, 2.45) is 23.7 Å². The highest BCUT2D eigenvalue weighted by Crippen LogP contribution is 2.42. The van der Waals surface area contributed by atoms with Crippen LogP contribution in [0.2, 0.25) is 16.6 Å². The van der Waals surface area contributed by atoms with Crippen LogP contribution >= 0.6 is 0 Å². The summed E-state index contributed by atoms with van der Waals surface area (Å²) in [5.74, 6) is 6.99. The molecule has 1 saturated carbocycles. The largest absolute Gasteiger partial charge is 0.145 e. The molecule has 1 aliphatic carbocycles. The molecule has 0 N–H and O–H groups in total. The van der Waals surface area contributed by atoms with Gasteiger partial charge in [0.25, 0.3) is 0 Å². The van der Waals surface area contributed by atoms with Crippen LogP contribution in [0, 0.1) is 35.1 Å². The van der Waals surface area contributed by atoms with Gasteiger partial charge in [0.2, 0.25) is 0 Å². The van der Waals surface area contributed by atoms with Crippen LogP contribution in [0.25, 0.3) is 0 Å². The minimum Gasteiger partial charge on any atom is -0.130 e. The van der Waals surface area contributed by atoms with Crippen LogP contribution in [-0.4, -0.2) is 8.07 Å². The van der Waals surface area contributed by atoms with Gasteiger partial charge in [0.05, 0.1) is 0 Å². The molecule has 0 spiro atoms. The number of rotatable bonds is 4. The lowest BCUT2D eigenvalue weighted by atomic mass is 9.70. The molecule has 0 nitrogen and oxygen atoms in total. The predicted molar refractivity (Wildman–Crippen MR) is 104 cm³/mol. The van der Waals surface area contributed by atoms with E-state index in [9.17, 15) is 0 Å². The van der Waals surface area contributed by atoms with Crippen molar-refractivity contribution in [2.75, 3.05) is 0 Å². The molecule has 0 heterocycles. The zero-order valence-corrected chi connectivity index (χ0v) is 17.7. The van der Waals surface area contributed by atoms with Crippen LogP contribution < -0.4 is 0 Å². The summed E-state index contributed by atoms with van der Waals surface area (Å²) < 4.78 is 0.